The molecular weight excluding hydrogens is 492 g/mol. The number of hydrogen-bond donors (Lipinski definition) is 0. The van der Waals surface area contributed by atoms with Crippen molar-refractivity contribution in [3.63, 3.8) is 0 Å². The summed E-state index contributed by atoms with van der Waals surface area (Å²) in [4.78, 5) is 2.33. The van der Waals surface area contributed by atoms with Gasteiger partial charge in [0.05, 0.1) is 9.79 Å². The monoisotopic (exact) mass is 513 g/mol. The molecule has 0 bridgehead atoms. The van der Waals surface area contributed by atoms with Gasteiger partial charge in [0.2, 0.25) is 0 Å². The molecule has 2 heteroatoms. The summed E-state index contributed by atoms with van der Waals surface area (Å²) in [6, 6.07) is 43.8. The Morgan fingerprint density at radius 2 is 1.05 bits per heavy atom. The van der Waals surface area contributed by atoms with Crippen LogP contribution in [-0.2, 0) is 0 Å². The molecule has 0 atom stereocenters. The average Bonchev–Trinajstić information content (AvgIpc) is 3.81. The maximum absolute atomic E-state index is 6.45. The highest BCUT2D eigenvalue weighted by Crippen LogP contribution is 2.54. The SMILES string of the molecule is [CH]1c2c(-c3ccc4c5ccccc5c5ccccc5c4c3)ccc(-c3cccc4c3Oc3ccccc3S4)c21. The van der Waals surface area contributed by atoms with E-state index in [1.165, 1.54) is 65.0 Å². The normalized spacial score (nSPS) is 13.1. The van der Waals surface area contributed by atoms with Crippen LogP contribution in [0.15, 0.2) is 131 Å². The topological polar surface area (TPSA) is 9.23 Å². The lowest BCUT2D eigenvalue weighted by molar-refractivity contribution is 0.456. The first-order valence-electron chi connectivity index (χ1n) is 13.3. The molecule has 181 valence electrons. The molecule has 1 heterocycles. The van der Waals surface area contributed by atoms with Crippen LogP contribution in [0, 0.1) is 6.42 Å². The van der Waals surface area contributed by atoms with Gasteiger partial charge in [-0.05, 0) is 84.4 Å². The zero-order valence-electron chi connectivity index (χ0n) is 20.9. The van der Waals surface area contributed by atoms with Gasteiger partial charge in [-0.2, -0.15) is 0 Å². The highest BCUT2D eigenvalue weighted by Gasteiger charge is 2.30. The Labute approximate surface area is 230 Å². The molecule has 0 unspecified atom stereocenters. The zero-order valence-corrected chi connectivity index (χ0v) is 21.8. The van der Waals surface area contributed by atoms with Gasteiger partial charge < -0.3 is 4.74 Å². The summed E-state index contributed by atoms with van der Waals surface area (Å²) in [5.74, 6) is 1.89. The Bertz CT molecular complexity index is 2120. The number of para-hydroxylation sites is 2. The summed E-state index contributed by atoms with van der Waals surface area (Å²) in [5, 5.41) is 7.85. The van der Waals surface area contributed by atoms with E-state index in [0.29, 0.717) is 0 Å². The predicted molar refractivity (Wildman–Crippen MR) is 163 cm³/mol. The number of ether oxygens (including phenoxy) is 1. The van der Waals surface area contributed by atoms with E-state index in [1.807, 2.05) is 6.07 Å². The third-order valence-electron chi connectivity index (χ3n) is 8.10. The summed E-state index contributed by atoms with van der Waals surface area (Å²) in [7, 11) is 0. The van der Waals surface area contributed by atoms with Crippen LogP contribution in [0.4, 0.5) is 0 Å². The lowest BCUT2D eigenvalue weighted by atomic mass is 9.91. The average molecular weight is 514 g/mol. The molecule has 2 aliphatic rings. The summed E-state index contributed by atoms with van der Waals surface area (Å²) >= 11 is 1.78. The van der Waals surface area contributed by atoms with Crippen molar-refractivity contribution in [1.29, 1.82) is 0 Å². The van der Waals surface area contributed by atoms with E-state index >= 15 is 0 Å². The largest absolute Gasteiger partial charge is 0.454 e. The molecule has 39 heavy (non-hydrogen) atoms. The van der Waals surface area contributed by atoms with E-state index in [4.69, 9.17) is 4.74 Å². The third-order valence-corrected chi connectivity index (χ3v) is 9.20. The van der Waals surface area contributed by atoms with E-state index in [-0.39, 0.29) is 0 Å². The maximum Gasteiger partial charge on any atom is 0.149 e. The van der Waals surface area contributed by atoms with Gasteiger partial charge >= 0.3 is 0 Å². The fourth-order valence-electron chi connectivity index (χ4n) is 6.22. The van der Waals surface area contributed by atoms with Crippen molar-refractivity contribution < 1.29 is 4.74 Å². The van der Waals surface area contributed by atoms with Crippen LogP contribution in [0.3, 0.4) is 0 Å². The van der Waals surface area contributed by atoms with Crippen LogP contribution in [-0.4, -0.2) is 0 Å². The molecule has 7 aromatic rings. The van der Waals surface area contributed by atoms with Gasteiger partial charge in [-0.1, -0.05) is 109 Å². The summed E-state index contributed by atoms with van der Waals surface area (Å²) in [5.41, 5.74) is 7.59. The molecule has 1 aliphatic carbocycles. The molecule has 0 fully saturated rings. The molecule has 0 N–H and O–H groups in total. The summed E-state index contributed by atoms with van der Waals surface area (Å²) < 4.78 is 6.45. The predicted octanol–water partition coefficient (Wildman–Crippen LogP) is 10.7. The second-order valence-corrected chi connectivity index (χ2v) is 11.4. The van der Waals surface area contributed by atoms with Crippen molar-refractivity contribution in [3.8, 4) is 33.8 Å². The van der Waals surface area contributed by atoms with E-state index in [9.17, 15) is 0 Å². The van der Waals surface area contributed by atoms with Crippen molar-refractivity contribution in [2.75, 3.05) is 0 Å². The molecule has 7 aromatic carbocycles. The highest BCUT2D eigenvalue weighted by atomic mass is 32.2. The molecule has 9 rings (SSSR count). The number of fused-ring (bicyclic) bond motifs is 9. The second kappa shape index (κ2) is 7.99. The van der Waals surface area contributed by atoms with Crippen LogP contribution < -0.4 is 4.74 Å². The van der Waals surface area contributed by atoms with Crippen LogP contribution in [0.5, 0.6) is 11.5 Å². The first-order valence-corrected chi connectivity index (χ1v) is 14.1. The first-order chi connectivity index (χ1) is 19.3. The molecule has 0 spiro atoms. The molecule has 0 saturated carbocycles. The molecule has 1 aliphatic heterocycles. The van der Waals surface area contributed by atoms with Gasteiger partial charge in [0.15, 0.2) is 0 Å². The highest BCUT2D eigenvalue weighted by molar-refractivity contribution is 7.99. The van der Waals surface area contributed by atoms with Gasteiger partial charge in [0, 0.05) is 12.0 Å². The minimum atomic E-state index is 0.931. The van der Waals surface area contributed by atoms with Crippen molar-refractivity contribution in [3.05, 3.63) is 139 Å². The van der Waals surface area contributed by atoms with Crippen LogP contribution in [0.2, 0.25) is 0 Å². The van der Waals surface area contributed by atoms with Crippen molar-refractivity contribution in [2.24, 2.45) is 0 Å². The van der Waals surface area contributed by atoms with Gasteiger partial charge in [-0.15, -0.1) is 0 Å². The minimum absolute atomic E-state index is 0.931. The van der Waals surface area contributed by atoms with Crippen molar-refractivity contribution >= 4 is 44.1 Å². The van der Waals surface area contributed by atoms with Crippen LogP contribution in [0.25, 0.3) is 54.6 Å². The zero-order chi connectivity index (χ0) is 25.5. The lowest BCUT2D eigenvalue weighted by Gasteiger charge is -2.22. The van der Waals surface area contributed by atoms with Gasteiger partial charge in [0.25, 0.3) is 0 Å². The Hall–Kier alpha value is -4.53. The van der Waals surface area contributed by atoms with Gasteiger partial charge in [-0.3, -0.25) is 0 Å². The quantitative estimate of drug-likeness (QED) is 0.213. The number of hydrogen-bond acceptors (Lipinski definition) is 2. The number of benzene rings is 7. The molecular formula is C37H21OS. The number of rotatable bonds is 2. The summed E-state index contributed by atoms with van der Waals surface area (Å²) in [6.07, 6.45) is 2.32. The molecule has 0 saturated heterocycles. The Balaban J connectivity index is 1.18. The van der Waals surface area contributed by atoms with Crippen LogP contribution >= 0.6 is 11.8 Å². The van der Waals surface area contributed by atoms with E-state index in [2.05, 4.69) is 122 Å². The first kappa shape index (κ1) is 21.4. The smallest absolute Gasteiger partial charge is 0.149 e. The third kappa shape index (κ3) is 3.16. The minimum Gasteiger partial charge on any atom is -0.454 e. The van der Waals surface area contributed by atoms with E-state index in [1.54, 1.807) is 11.8 Å². The Kier molecular flexibility index (Phi) is 4.38. The Morgan fingerprint density at radius 3 is 1.85 bits per heavy atom. The van der Waals surface area contributed by atoms with E-state index in [0.717, 1.165) is 22.0 Å². The Morgan fingerprint density at radius 1 is 0.436 bits per heavy atom. The molecule has 1 nitrogen and oxygen atoms in total. The fourth-order valence-corrected chi connectivity index (χ4v) is 7.21. The second-order valence-electron chi connectivity index (χ2n) is 10.3. The molecule has 0 amide bonds. The van der Waals surface area contributed by atoms with Crippen LogP contribution in [0.1, 0.15) is 11.1 Å². The van der Waals surface area contributed by atoms with Gasteiger partial charge in [0.1, 0.15) is 11.5 Å². The standard InChI is InChI=1S/C37H21OS/c1-2-10-26-24(8-1)25-9-3-4-11-27(25)31-20-22(16-17-28(26)31)23-18-19-29(33-21-32(23)33)30-12-7-15-36-37(30)38-34-13-5-6-14-35(34)39-36/h1-21H. The fraction of sp³-hybridized carbons (Fsp3) is 0. The molecule has 0 aromatic heterocycles. The van der Waals surface area contributed by atoms with Crippen molar-refractivity contribution in [2.45, 2.75) is 9.79 Å². The van der Waals surface area contributed by atoms with Gasteiger partial charge in [-0.25, -0.2) is 0 Å². The summed E-state index contributed by atoms with van der Waals surface area (Å²) in [6.45, 7) is 0. The van der Waals surface area contributed by atoms with E-state index < -0.39 is 0 Å². The lowest BCUT2D eigenvalue weighted by Crippen LogP contribution is -1.97. The maximum atomic E-state index is 6.45. The van der Waals surface area contributed by atoms with Crippen molar-refractivity contribution in [1.82, 2.24) is 0 Å². The molecule has 1 radical (unpaired) electrons.